The molecule has 1 N–H and O–H groups in total. The number of hydrogen-bond acceptors (Lipinski definition) is 4. The quantitative estimate of drug-likeness (QED) is 0.625. The summed E-state index contributed by atoms with van der Waals surface area (Å²) in [5.41, 5.74) is 0. The molecule has 5 nitrogen and oxygen atoms in total. The second kappa shape index (κ2) is 9.60. The standard InChI is InChI=1S/C18H26O5S.Na.H/c19-24(20,21)18-12-11-16(22-14-7-3-1-4-8-14)13-17(18)23-15-9-5-2-6-10-15;;/h11-15H,1-10H2,(H,19,20,21);;. The van der Waals surface area contributed by atoms with E-state index < -0.39 is 10.1 Å². The number of ether oxygens (including phenoxy) is 2. The van der Waals surface area contributed by atoms with Gasteiger partial charge >= 0.3 is 29.6 Å². The second-order valence-corrected chi connectivity index (χ2v) is 8.23. The monoisotopic (exact) mass is 378 g/mol. The van der Waals surface area contributed by atoms with Gasteiger partial charge in [-0.15, -0.1) is 0 Å². The van der Waals surface area contributed by atoms with Crippen LogP contribution in [0.4, 0.5) is 0 Å². The van der Waals surface area contributed by atoms with Crippen molar-refractivity contribution in [2.75, 3.05) is 0 Å². The summed E-state index contributed by atoms with van der Waals surface area (Å²) in [6, 6.07) is 4.60. The van der Waals surface area contributed by atoms with Gasteiger partial charge in [-0.05, 0) is 63.5 Å². The van der Waals surface area contributed by atoms with Gasteiger partial charge in [0.05, 0.1) is 12.2 Å². The van der Waals surface area contributed by atoms with Gasteiger partial charge < -0.3 is 9.47 Å². The molecule has 3 rings (SSSR count). The van der Waals surface area contributed by atoms with Crippen molar-refractivity contribution in [2.45, 2.75) is 81.3 Å². The Bertz CT molecular complexity index is 649. The Kier molecular flexibility index (Phi) is 8.08. The van der Waals surface area contributed by atoms with E-state index in [1.807, 2.05) is 0 Å². The van der Waals surface area contributed by atoms with Crippen LogP contribution in [0.5, 0.6) is 11.5 Å². The van der Waals surface area contributed by atoms with Crippen LogP contribution < -0.4 is 9.47 Å². The Labute approximate surface area is 172 Å². The van der Waals surface area contributed by atoms with Gasteiger partial charge in [0.2, 0.25) is 0 Å². The summed E-state index contributed by atoms with van der Waals surface area (Å²) in [6.07, 6.45) is 11.0. The molecule has 0 atom stereocenters. The predicted molar refractivity (Wildman–Crippen MR) is 98.4 cm³/mol. The molecule has 1 aromatic rings. The van der Waals surface area contributed by atoms with Crippen molar-refractivity contribution < 1.29 is 22.4 Å². The molecule has 2 aliphatic rings. The van der Waals surface area contributed by atoms with Crippen LogP contribution in [-0.2, 0) is 10.1 Å². The molecule has 0 aliphatic heterocycles. The summed E-state index contributed by atoms with van der Waals surface area (Å²) in [7, 11) is -4.31. The molecule has 0 unspecified atom stereocenters. The van der Waals surface area contributed by atoms with Gasteiger partial charge in [0, 0.05) is 6.07 Å². The summed E-state index contributed by atoms with van der Waals surface area (Å²) < 4.78 is 44.6. The molecule has 25 heavy (non-hydrogen) atoms. The minimum atomic E-state index is -4.31. The maximum atomic E-state index is 11.6. The number of rotatable bonds is 5. The van der Waals surface area contributed by atoms with Crippen LogP contribution in [0.15, 0.2) is 23.1 Å². The first-order valence-corrected chi connectivity index (χ1v) is 10.4. The van der Waals surface area contributed by atoms with E-state index in [0.717, 1.165) is 38.5 Å². The fourth-order valence-corrected chi connectivity index (χ4v) is 4.21. The summed E-state index contributed by atoms with van der Waals surface area (Å²) in [6.45, 7) is 0. The fraction of sp³-hybridized carbons (Fsp3) is 0.667. The molecular formula is C18H27NaO5S. The molecule has 7 heteroatoms. The van der Waals surface area contributed by atoms with Gasteiger partial charge in [0.25, 0.3) is 10.1 Å². The van der Waals surface area contributed by atoms with Crippen molar-refractivity contribution in [1.82, 2.24) is 0 Å². The topological polar surface area (TPSA) is 72.8 Å². The van der Waals surface area contributed by atoms with Gasteiger partial charge in [-0.2, -0.15) is 8.42 Å². The minimum absolute atomic E-state index is 0. The van der Waals surface area contributed by atoms with E-state index in [0.29, 0.717) is 5.75 Å². The van der Waals surface area contributed by atoms with Crippen LogP contribution in [0.2, 0.25) is 0 Å². The van der Waals surface area contributed by atoms with Crippen molar-refractivity contribution in [2.24, 2.45) is 0 Å². The van der Waals surface area contributed by atoms with Crippen LogP contribution >= 0.6 is 0 Å². The Balaban J connectivity index is 0.00000225. The molecule has 0 amide bonds. The van der Waals surface area contributed by atoms with E-state index in [1.54, 1.807) is 12.1 Å². The third kappa shape index (κ3) is 6.14. The van der Waals surface area contributed by atoms with Gasteiger partial charge in [-0.1, -0.05) is 12.8 Å². The molecule has 0 saturated heterocycles. The molecule has 0 bridgehead atoms. The molecule has 0 spiro atoms. The SMILES string of the molecule is O=S(=O)(O)c1ccc(OC2CCCCC2)cc1OC1CCCCC1.[NaH]. The average molecular weight is 378 g/mol. The predicted octanol–water partition coefficient (Wildman–Crippen LogP) is 3.71. The van der Waals surface area contributed by atoms with Crippen molar-refractivity contribution in [3.8, 4) is 11.5 Å². The molecule has 2 fully saturated rings. The molecule has 0 heterocycles. The Morgan fingerprint density at radius 1 is 0.840 bits per heavy atom. The Morgan fingerprint density at radius 2 is 1.36 bits per heavy atom. The van der Waals surface area contributed by atoms with E-state index in [4.69, 9.17) is 9.47 Å². The molecule has 1 aromatic carbocycles. The van der Waals surface area contributed by atoms with E-state index in [1.165, 1.54) is 31.7 Å². The van der Waals surface area contributed by atoms with E-state index >= 15 is 0 Å². The molecule has 0 radical (unpaired) electrons. The van der Waals surface area contributed by atoms with Crippen molar-refractivity contribution >= 4 is 39.7 Å². The van der Waals surface area contributed by atoms with Crippen molar-refractivity contribution in [3.05, 3.63) is 18.2 Å². The second-order valence-electron chi connectivity index (χ2n) is 6.84. The van der Waals surface area contributed by atoms with Crippen LogP contribution in [-0.4, -0.2) is 54.7 Å². The summed E-state index contributed by atoms with van der Waals surface area (Å²) in [4.78, 5) is -0.177. The van der Waals surface area contributed by atoms with Crippen LogP contribution in [0, 0.1) is 0 Å². The molecule has 2 saturated carbocycles. The van der Waals surface area contributed by atoms with Gasteiger partial charge in [-0.25, -0.2) is 0 Å². The zero-order valence-corrected chi connectivity index (χ0v) is 14.8. The first-order chi connectivity index (χ1) is 11.5. The summed E-state index contributed by atoms with van der Waals surface area (Å²) in [5, 5.41) is 0. The number of benzene rings is 1. The van der Waals surface area contributed by atoms with Crippen molar-refractivity contribution in [1.29, 1.82) is 0 Å². The summed E-state index contributed by atoms with van der Waals surface area (Å²) >= 11 is 0. The molecular weight excluding hydrogens is 351 g/mol. The third-order valence-electron chi connectivity index (χ3n) is 4.89. The van der Waals surface area contributed by atoms with Gasteiger partial charge in [0.1, 0.15) is 16.4 Å². The molecule has 136 valence electrons. The Hall–Kier alpha value is -0.270. The van der Waals surface area contributed by atoms with Crippen LogP contribution in [0.1, 0.15) is 64.2 Å². The van der Waals surface area contributed by atoms with Crippen LogP contribution in [0.3, 0.4) is 0 Å². The maximum absolute atomic E-state index is 11.6. The molecule has 2 aliphatic carbocycles. The zero-order chi connectivity index (χ0) is 17.0. The normalized spacial score (nSPS) is 19.9. The van der Waals surface area contributed by atoms with E-state index in [2.05, 4.69) is 0 Å². The van der Waals surface area contributed by atoms with E-state index in [-0.39, 0.29) is 52.4 Å². The van der Waals surface area contributed by atoms with Gasteiger partial charge in [0.15, 0.2) is 0 Å². The zero-order valence-electron chi connectivity index (χ0n) is 13.9. The molecule has 0 aromatic heterocycles. The van der Waals surface area contributed by atoms with Crippen molar-refractivity contribution in [3.63, 3.8) is 0 Å². The first-order valence-electron chi connectivity index (χ1n) is 8.97. The number of hydrogen-bond donors (Lipinski definition) is 1. The average Bonchev–Trinajstić information content (AvgIpc) is 2.56. The van der Waals surface area contributed by atoms with E-state index in [9.17, 15) is 13.0 Å². The van der Waals surface area contributed by atoms with Crippen LogP contribution in [0.25, 0.3) is 0 Å². The first kappa shape index (κ1) is 21.0. The third-order valence-corrected chi connectivity index (χ3v) is 5.79. The summed E-state index contributed by atoms with van der Waals surface area (Å²) in [5.74, 6) is 0.817. The Morgan fingerprint density at radius 3 is 1.88 bits per heavy atom. The van der Waals surface area contributed by atoms with Gasteiger partial charge in [-0.3, -0.25) is 4.55 Å². The fourth-order valence-electron chi connectivity index (χ4n) is 3.60.